The molecule has 32 heavy (non-hydrogen) atoms. The number of carbonyl (C=O) groups excluding carboxylic acids is 3. The van der Waals surface area contributed by atoms with E-state index in [1.807, 2.05) is 0 Å². The molecule has 8 heteroatoms. The largest absolute Gasteiger partial charge is 0.497 e. The van der Waals surface area contributed by atoms with E-state index in [1.165, 1.54) is 7.11 Å². The van der Waals surface area contributed by atoms with E-state index in [-0.39, 0.29) is 30.1 Å². The smallest absolute Gasteiger partial charge is 0.255 e. The highest BCUT2D eigenvalue weighted by Gasteiger charge is 2.33. The van der Waals surface area contributed by atoms with Gasteiger partial charge in [0.1, 0.15) is 11.5 Å². The number of nitrogens with one attached hydrogen (secondary N) is 2. The Morgan fingerprint density at radius 2 is 1.81 bits per heavy atom. The van der Waals surface area contributed by atoms with Crippen molar-refractivity contribution in [1.29, 1.82) is 0 Å². The van der Waals surface area contributed by atoms with Crippen LogP contribution in [-0.2, 0) is 9.59 Å². The van der Waals surface area contributed by atoms with Gasteiger partial charge in [0.15, 0.2) is 0 Å². The summed E-state index contributed by atoms with van der Waals surface area (Å²) >= 11 is 0. The lowest BCUT2D eigenvalue weighted by molar-refractivity contribution is -0.128. The molecule has 0 saturated carbocycles. The van der Waals surface area contributed by atoms with Crippen LogP contribution in [0.25, 0.3) is 0 Å². The molecule has 3 amide bonds. The number of methoxy groups -OCH3 is 2. The van der Waals surface area contributed by atoms with Crippen molar-refractivity contribution in [3.05, 3.63) is 48.0 Å². The average molecular weight is 440 g/mol. The Bertz CT molecular complexity index is 974. The molecule has 3 rings (SSSR count). The monoisotopic (exact) mass is 439 g/mol. The number of unbranched alkanes of at least 4 members (excludes halogenated alkanes) is 1. The van der Waals surface area contributed by atoms with E-state index in [2.05, 4.69) is 17.6 Å². The molecule has 0 radical (unpaired) electrons. The Kier molecular flexibility index (Phi) is 7.70. The molecule has 170 valence electrons. The summed E-state index contributed by atoms with van der Waals surface area (Å²) in [5, 5.41) is 5.65. The fourth-order valence-corrected chi connectivity index (χ4v) is 3.57. The number of likely N-dealkylation sites (tertiary alicyclic amines) is 1. The molecular formula is C24H29N3O5. The zero-order chi connectivity index (χ0) is 23.1. The SMILES string of the molecule is CCCCN1C[C@@H](C(=O)Nc2ccc(C(=O)Nc3cc(OC)ccc3OC)cc2)CC1=O. The highest BCUT2D eigenvalue weighted by Crippen LogP contribution is 2.29. The van der Waals surface area contributed by atoms with Crippen molar-refractivity contribution in [1.82, 2.24) is 4.90 Å². The number of amides is 3. The van der Waals surface area contributed by atoms with Crippen molar-refractivity contribution >= 4 is 29.1 Å². The fraction of sp³-hybridized carbons (Fsp3) is 0.375. The molecule has 8 nitrogen and oxygen atoms in total. The van der Waals surface area contributed by atoms with Crippen LogP contribution in [0.4, 0.5) is 11.4 Å². The molecule has 1 aliphatic rings. The summed E-state index contributed by atoms with van der Waals surface area (Å²) in [7, 11) is 3.07. The molecule has 1 aliphatic heterocycles. The number of hydrogen-bond acceptors (Lipinski definition) is 5. The molecule has 2 N–H and O–H groups in total. The van der Waals surface area contributed by atoms with Crippen LogP contribution in [-0.4, -0.2) is 49.9 Å². The molecule has 0 spiro atoms. The first kappa shape index (κ1) is 23.1. The van der Waals surface area contributed by atoms with E-state index in [0.717, 1.165) is 12.8 Å². The molecule has 2 aromatic rings. The number of nitrogens with zero attached hydrogens (tertiary/aromatic N) is 1. The molecular weight excluding hydrogens is 410 g/mol. The van der Waals surface area contributed by atoms with Crippen LogP contribution in [0, 0.1) is 5.92 Å². The summed E-state index contributed by atoms with van der Waals surface area (Å²) in [5.74, 6) is 0.277. The lowest BCUT2D eigenvalue weighted by Gasteiger charge is -2.16. The molecule has 0 aliphatic carbocycles. The maximum Gasteiger partial charge on any atom is 0.255 e. The van der Waals surface area contributed by atoms with Crippen molar-refractivity contribution in [3.63, 3.8) is 0 Å². The van der Waals surface area contributed by atoms with Gasteiger partial charge in [-0.05, 0) is 42.8 Å². The van der Waals surface area contributed by atoms with Crippen LogP contribution in [0.3, 0.4) is 0 Å². The summed E-state index contributed by atoms with van der Waals surface area (Å²) in [6, 6.07) is 11.7. The third-order valence-corrected chi connectivity index (χ3v) is 5.44. The number of rotatable bonds is 9. The molecule has 2 aromatic carbocycles. The first-order valence-corrected chi connectivity index (χ1v) is 10.7. The maximum absolute atomic E-state index is 12.6. The summed E-state index contributed by atoms with van der Waals surface area (Å²) in [5.41, 5.74) is 1.49. The summed E-state index contributed by atoms with van der Waals surface area (Å²) < 4.78 is 10.5. The normalized spacial score (nSPS) is 15.4. The summed E-state index contributed by atoms with van der Waals surface area (Å²) in [6.07, 6.45) is 2.18. The van der Waals surface area contributed by atoms with Crippen LogP contribution in [0.2, 0.25) is 0 Å². The molecule has 0 bridgehead atoms. The van der Waals surface area contributed by atoms with Crippen LogP contribution >= 0.6 is 0 Å². The standard InChI is InChI=1S/C24H29N3O5/c1-4-5-12-27-15-17(13-22(27)28)24(30)25-18-8-6-16(7-9-18)23(29)26-20-14-19(31-2)10-11-21(20)32-3/h6-11,14,17H,4-5,12-13,15H2,1-3H3,(H,25,30)(H,26,29)/t17-/m0/s1. The number of carbonyl (C=O) groups is 3. The van der Waals surface area contributed by atoms with Gasteiger partial charge in [-0.1, -0.05) is 13.3 Å². The van der Waals surface area contributed by atoms with E-state index >= 15 is 0 Å². The van der Waals surface area contributed by atoms with Gasteiger partial charge in [0.2, 0.25) is 11.8 Å². The second-order valence-electron chi connectivity index (χ2n) is 7.68. The van der Waals surface area contributed by atoms with Gasteiger partial charge in [0.05, 0.1) is 25.8 Å². The van der Waals surface area contributed by atoms with Gasteiger partial charge in [-0.3, -0.25) is 14.4 Å². The van der Waals surface area contributed by atoms with Crippen molar-refractivity contribution in [2.45, 2.75) is 26.2 Å². The molecule has 1 saturated heterocycles. The van der Waals surface area contributed by atoms with Gasteiger partial charge in [0.25, 0.3) is 5.91 Å². The highest BCUT2D eigenvalue weighted by atomic mass is 16.5. The second-order valence-corrected chi connectivity index (χ2v) is 7.68. The first-order chi connectivity index (χ1) is 15.4. The van der Waals surface area contributed by atoms with Crippen molar-refractivity contribution in [2.75, 3.05) is 37.9 Å². The Morgan fingerprint density at radius 3 is 2.47 bits per heavy atom. The van der Waals surface area contributed by atoms with E-state index in [9.17, 15) is 14.4 Å². The van der Waals surface area contributed by atoms with Crippen LogP contribution in [0.5, 0.6) is 11.5 Å². The van der Waals surface area contributed by atoms with Crippen molar-refractivity contribution in [3.8, 4) is 11.5 Å². The minimum absolute atomic E-state index is 0.0265. The van der Waals surface area contributed by atoms with Gasteiger partial charge in [-0.25, -0.2) is 0 Å². The van der Waals surface area contributed by atoms with Gasteiger partial charge in [-0.2, -0.15) is 0 Å². The lowest BCUT2D eigenvalue weighted by atomic mass is 10.1. The minimum atomic E-state index is -0.358. The van der Waals surface area contributed by atoms with Crippen LogP contribution in [0.1, 0.15) is 36.5 Å². The molecule has 0 aromatic heterocycles. The average Bonchev–Trinajstić information content (AvgIpc) is 3.18. The fourth-order valence-electron chi connectivity index (χ4n) is 3.57. The van der Waals surface area contributed by atoms with Gasteiger partial charge in [0, 0.05) is 36.8 Å². The summed E-state index contributed by atoms with van der Waals surface area (Å²) in [4.78, 5) is 39.1. The van der Waals surface area contributed by atoms with E-state index in [4.69, 9.17) is 9.47 Å². The Hall–Kier alpha value is -3.55. The third kappa shape index (κ3) is 5.57. The Labute approximate surface area is 187 Å². The lowest BCUT2D eigenvalue weighted by Crippen LogP contribution is -2.29. The maximum atomic E-state index is 12.6. The molecule has 1 fully saturated rings. The minimum Gasteiger partial charge on any atom is -0.497 e. The van der Waals surface area contributed by atoms with E-state index in [0.29, 0.717) is 41.5 Å². The molecule has 1 atom stereocenters. The molecule has 0 unspecified atom stereocenters. The molecule has 1 heterocycles. The third-order valence-electron chi connectivity index (χ3n) is 5.44. The van der Waals surface area contributed by atoms with E-state index in [1.54, 1.807) is 54.5 Å². The van der Waals surface area contributed by atoms with Crippen molar-refractivity contribution in [2.24, 2.45) is 5.92 Å². The first-order valence-electron chi connectivity index (χ1n) is 10.7. The van der Waals surface area contributed by atoms with Gasteiger partial charge in [-0.15, -0.1) is 0 Å². The highest BCUT2D eigenvalue weighted by molar-refractivity contribution is 6.05. The number of hydrogen-bond donors (Lipinski definition) is 2. The summed E-state index contributed by atoms with van der Waals surface area (Å²) in [6.45, 7) is 3.22. The number of benzene rings is 2. The predicted molar refractivity (Wildman–Crippen MR) is 122 cm³/mol. The topological polar surface area (TPSA) is 97.0 Å². The second kappa shape index (κ2) is 10.7. The zero-order valence-corrected chi connectivity index (χ0v) is 18.6. The van der Waals surface area contributed by atoms with Crippen LogP contribution in [0.15, 0.2) is 42.5 Å². The number of anilines is 2. The number of ether oxygens (including phenoxy) is 2. The Balaban J connectivity index is 1.60. The zero-order valence-electron chi connectivity index (χ0n) is 18.6. The van der Waals surface area contributed by atoms with E-state index < -0.39 is 0 Å². The van der Waals surface area contributed by atoms with Crippen molar-refractivity contribution < 1.29 is 23.9 Å². The quantitative estimate of drug-likeness (QED) is 0.623. The van der Waals surface area contributed by atoms with Gasteiger partial charge >= 0.3 is 0 Å². The Morgan fingerprint density at radius 1 is 1.06 bits per heavy atom. The van der Waals surface area contributed by atoms with Gasteiger partial charge < -0.3 is 25.0 Å². The van der Waals surface area contributed by atoms with Crippen LogP contribution < -0.4 is 20.1 Å². The predicted octanol–water partition coefficient (Wildman–Crippen LogP) is 3.54.